The van der Waals surface area contributed by atoms with E-state index in [0.29, 0.717) is 32.1 Å². The summed E-state index contributed by atoms with van der Waals surface area (Å²) in [5.74, 6) is -3.17. The largest absolute Gasteiger partial charge is 0.463 e. The third kappa shape index (κ3) is 7.45. The van der Waals surface area contributed by atoms with Crippen LogP contribution in [0.4, 0.5) is 5.69 Å². The van der Waals surface area contributed by atoms with Gasteiger partial charge < -0.3 is 29.7 Å². The number of aryl methyl sites for hydroxylation is 2. The molecule has 2 aromatic carbocycles. The van der Waals surface area contributed by atoms with Gasteiger partial charge in [0.2, 0.25) is 11.8 Å². The maximum Gasteiger partial charge on any atom is 0.306 e. The zero-order valence-electron chi connectivity index (χ0n) is 28.9. The number of alkyl halides is 1. The van der Waals surface area contributed by atoms with Crippen molar-refractivity contribution in [1.82, 2.24) is 10.2 Å². The molecular formula is C39H48BrN3O7. The summed E-state index contributed by atoms with van der Waals surface area (Å²) in [6.07, 6.45) is 5.51. The maximum atomic E-state index is 14.9. The van der Waals surface area contributed by atoms with Gasteiger partial charge >= 0.3 is 5.97 Å². The molecule has 3 heterocycles. The van der Waals surface area contributed by atoms with Gasteiger partial charge in [-0.1, -0.05) is 70.5 Å². The highest BCUT2D eigenvalue weighted by Gasteiger charge is 2.76. The number of likely N-dealkylation sites (tertiary alicyclic amines) is 1. The number of esters is 1. The molecule has 0 aliphatic carbocycles. The van der Waals surface area contributed by atoms with Crippen LogP contribution in [0, 0.1) is 25.7 Å². The van der Waals surface area contributed by atoms with Crippen molar-refractivity contribution >= 4 is 45.3 Å². The molecule has 268 valence electrons. The van der Waals surface area contributed by atoms with Gasteiger partial charge in [0.15, 0.2) is 0 Å². The highest BCUT2D eigenvalue weighted by Crippen LogP contribution is 2.60. The van der Waals surface area contributed by atoms with Gasteiger partial charge in [0.05, 0.1) is 24.0 Å². The number of fused-ring (bicyclic) bond motifs is 1. The Bertz CT molecular complexity index is 1580. The molecule has 3 saturated heterocycles. The quantitative estimate of drug-likeness (QED) is 0.0999. The number of aliphatic hydroxyl groups excluding tert-OH is 1. The van der Waals surface area contributed by atoms with Crippen molar-refractivity contribution in [3.05, 3.63) is 90.5 Å². The van der Waals surface area contributed by atoms with Crippen LogP contribution < -0.4 is 10.2 Å². The topological polar surface area (TPSA) is 125 Å². The highest BCUT2D eigenvalue weighted by atomic mass is 79.9. The first-order valence-electron chi connectivity index (χ1n) is 17.4. The van der Waals surface area contributed by atoms with Gasteiger partial charge in [0.25, 0.3) is 5.91 Å². The van der Waals surface area contributed by atoms with Gasteiger partial charge in [-0.25, -0.2) is 0 Å². The van der Waals surface area contributed by atoms with E-state index in [0.717, 1.165) is 22.4 Å². The lowest BCUT2D eigenvalue weighted by molar-refractivity contribution is -0.145. The number of amides is 3. The summed E-state index contributed by atoms with van der Waals surface area (Å²) in [5, 5.41) is 12.5. The van der Waals surface area contributed by atoms with Gasteiger partial charge in [-0.3, -0.25) is 19.2 Å². The normalized spacial score (nSPS) is 25.6. The van der Waals surface area contributed by atoms with E-state index in [1.807, 2.05) is 62.4 Å². The van der Waals surface area contributed by atoms with E-state index in [9.17, 15) is 24.3 Å². The fourth-order valence-electron chi connectivity index (χ4n) is 7.76. The van der Waals surface area contributed by atoms with Crippen LogP contribution >= 0.6 is 15.9 Å². The second kappa shape index (κ2) is 16.5. The van der Waals surface area contributed by atoms with E-state index in [4.69, 9.17) is 9.47 Å². The number of hydrogen-bond donors (Lipinski definition) is 2. The molecule has 0 radical (unpaired) electrons. The monoisotopic (exact) mass is 749 g/mol. The molecule has 50 heavy (non-hydrogen) atoms. The molecule has 3 aliphatic rings. The number of nitrogens with one attached hydrogen (secondary N) is 1. The Hall–Kier alpha value is -3.80. The second-order valence-corrected chi connectivity index (χ2v) is 14.7. The minimum absolute atomic E-state index is 0.0348. The van der Waals surface area contributed by atoms with Gasteiger partial charge in [-0.15, -0.1) is 13.2 Å². The number of hydrogen-bond acceptors (Lipinski definition) is 7. The predicted octanol–water partition coefficient (Wildman–Crippen LogP) is 5.10. The number of carbonyl (C=O) groups is 4. The number of ether oxygens (including phenoxy) is 2. The molecular weight excluding hydrogens is 702 g/mol. The van der Waals surface area contributed by atoms with Crippen molar-refractivity contribution in [2.75, 3.05) is 31.2 Å². The average Bonchev–Trinajstić information content (AvgIpc) is 3.70. The molecule has 2 bridgehead atoms. The Morgan fingerprint density at radius 1 is 1.14 bits per heavy atom. The summed E-state index contributed by atoms with van der Waals surface area (Å²) >= 11 is 3.76. The molecule has 3 fully saturated rings. The Morgan fingerprint density at radius 3 is 2.60 bits per heavy atom. The van der Waals surface area contributed by atoms with E-state index < -0.39 is 47.5 Å². The van der Waals surface area contributed by atoms with E-state index in [2.05, 4.69) is 34.4 Å². The fraction of sp³-hybridized carbons (Fsp3) is 0.487. The third-order valence-corrected chi connectivity index (χ3v) is 10.9. The number of benzene rings is 2. The molecule has 2 aromatic rings. The molecule has 1 spiro atoms. The molecule has 0 saturated carbocycles. The summed E-state index contributed by atoms with van der Waals surface area (Å²) in [5.41, 5.74) is 2.12. The molecule has 2 N–H and O–H groups in total. The van der Waals surface area contributed by atoms with Crippen molar-refractivity contribution in [3.63, 3.8) is 0 Å². The molecule has 11 heteroatoms. The van der Waals surface area contributed by atoms with Crippen LogP contribution in [0.25, 0.3) is 0 Å². The average molecular weight is 751 g/mol. The number of halogens is 1. The number of rotatable bonds is 17. The van der Waals surface area contributed by atoms with Gasteiger partial charge in [0.1, 0.15) is 18.2 Å². The zero-order valence-corrected chi connectivity index (χ0v) is 30.5. The molecule has 3 aliphatic heterocycles. The first-order valence-corrected chi connectivity index (χ1v) is 18.3. The van der Waals surface area contributed by atoms with Crippen LogP contribution in [0.15, 0.2) is 73.8 Å². The Balaban J connectivity index is 1.49. The Kier molecular flexibility index (Phi) is 12.3. The minimum Gasteiger partial charge on any atom is -0.463 e. The molecule has 7 atom stereocenters. The third-order valence-electron chi connectivity index (χ3n) is 10.1. The first-order chi connectivity index (χ1) is 24.1. The van der Waals surface area contributed by atoms with Crippen molar-refractivity contribution in [3.8, 4) is 0 Å². The van der Waals surface area contributed by atoms with Crippen molar-refractivity contribution in [2.45, 2.75) is 81.0 Å². The SMILES string of the molecule is C=CCCC(=O)OC[C@H](NC(=O)[C@@H]1[C@H]2O[C@@]3(CC2Br)[C@H](C(=O)N(CC=C)c2cc(C)ccc2C)N(CCCCCO)C(=O)[C@@H]13)c1ccccc1. The number of nitrogens with zero attached hydrogens (tertiary/aromatic N) is 2. The summed E-state index contributed by atoms with van der Waals surface area (Å²) in [6.45, 7) is 11.9. The molecule has 3 amide bonds. The van der Waals surface area contributed by atoms with Crippen LogP contribution in [0.2, 0.25) is 0 Å². The van der Waals surface area contributed by atoms with Crippen LogP contribution in [0.5, 0.6) is 0 Å². The second-order valence-electron chi connectivity index (χ2n) is 13.5. The van der Waals surface area contributed by atoms with E-state index >= 15 is 0 Å². The number of allylic oxidation sites excluding steroid dienone is 1. The van der Waals surface area contributed by atoms with Gasteiger partial charge in [-0.2, -0.15) is 0 Å². The maximum absolute atomic E-state index is 14.9. The highest BCUT2D eigenvalue weighted by molar-refractivity contribution is 9.09. The molecule has 5 rings (SSSR count). The Labute approximate surface area is 303 Å². The minimum atomic E-state index is -1.25. The standard InChI is InChI=1S/C39H48BrN3O7/c1-5-7-16-31(45)49-24-29(27-14-10-8-11-15-27)41-36(46)32-33-37(47)43(20-12-9-13-21-44)35(39(33)23-28(40)34(32)50-39)38(48)42(19-6-2)30-22-25(3)17-18-26(30)4/h5-6,8,10-11,14-15,17-18,22,28-29,32-35,44H,1-2,7,9,12-13,16,19-21,23-24H2,3-4H3,(H,41,46)/t28?,29-,32-,33+,34-,35-,39+/m0/s1. The number of unbranched alkanes of at least 4 members (excludes halogenated alkanes) is 2. The van der Waals surface area contributed by atoms with Crippen LogP contribution in [-0.2, 0) is 28.7 Å². The van der Waals surface area contributed by atoms with Gasteiger partial charge in [-0.05, 0) is 68.7 Å². The van der Waals surface area contributed by atoms with Crippen molar-refractivity contribution in [1.29, 1.82) is 0 Å². The lowest BCUT2D eigenvalue weighted by Crippen LogP contribution is -2.57. The van der Waals surface area contributed by atoms with E-state index in [1.54, 1.807) is 22.0 Å². The molecule has 10 nitrogen and oxygen atoms in total. The number of anilines is 1. The summed E-state index contributed by atoms with van der Waals surface area (Å²) < 4.78 is 12.3. The smallest absolute Gasteiger partial charge is 0.306 e. The zero-order chi connectivity index (χ0) is 36.0. The first kappa shape index (κ1) is 37.5. The van der Waals surface area contributed by atoms with Gasteiger partial charge in [0, 0.05) is 36.6 Å². The Morgan fingerprint density at radius 2 is 1.90 bits per heavy atom. The lowest BCUT2D eigenvalue weighted by atomic mass is 9.70. The van der Waals surface area contributed by atoms with Crippen LogP contribution in [0.3, 0.4) is 0 Å². The van der Waals surface area contributed by atoms with E-state index in [1.165, 1.54) is 0 Å². The van der Waals surface area contributed by atoms with Crippen LogP contribution in [-0.4, -0.2) is 82.6 Å². The predicted molar refractivity (Wildman–Crippen MR) is 195 cm³/mol. The lowest BCUT2D eigenvalue weighted by Gasteiger charge is -2.37. The summed E-state index contributed by atoms with van der Waals surface area (Å²) in [6, 6.07) is 13.5. The summed E-state index contributed by atoms with van der Waals surface area (Å²) in [4.78, 5) is 59.4. The molecule has 0 aromatic heterocycles. The molecule has 1 unspecified atom stereocenters. The van der Waals surface area contributed by atoms with Crippen molar-refractivity contribution < 1.29 is 33.8 Å². The number of carbonyl (C=O) groups excluding carboxylic acids is 4. The fourth-order valence-corrected chi connectivity index (χ4v) is 8.70. The number of aliphatic hydroxyl groups is 1. The van der Waals surface area contributed by atoms with E-state index in [-0.39, 0.29) is 49.4 Å². The summed E-state index contributed by atoms with van der Waals surface area (Å²) in [7, 11) is 0. The van der Waals surface area contributed by atoms with Crippen LogP contribution in [0.1, 0.15) is 61.3 Å². The van der Waals surface area contributed by atoms with Crippen molar-refractivity contribution in [2.24, 2.45) is 11.8 Å².